The number of carbonyl (C=O) groups excluding carboxylic acids is 1. The quantitative estimate of drug-likeness (QED) is 0.723. The van der Waals surface area contributed by atoms with Crippen molar-refractivity contribution >= 4 is 28.4 Å². The van der Waals surface area contributed by atoms with Crippen molar-refractivity contribution in [3.8, 4) is 11.1 Å². The van der Waals surface area contributed by atoms with Crippen molar-refractivity contribution in [1.29, 1.82) is 0 Å². The Morgan fingerprint density at radius 2 is 1.62 bits per heavy atom. The second-order valence-electron chi connectivity index (χ2n) is 3.30. The Morgan fingerprint density at radius 3 is 2.25 bits per heavy atom. The third-order valence-corrected chi connectivity index (χ3v) is 2.81. The van der Waals surface area contributed by atoms with Crippen LogP contribution in [0.1, 0.15) is 10.4 Å². The zero-order valence-electron chi connectivity index (χ0n) is 8.28. The van der Waals surface area contributed by atoms with Gasteiger partial charge in [0.05, 0.1) is 0 Å². The molecule has 16 heavy (non-hydrogen) atoms. The van der Waals surface area contributed by atoms with Gasteiger partial charge in [-0.15, -0.1) is 0 Å². The Balaban J connectivity index is 2.68. The van der Waals surface area contributed by atoms with Gasteiger partial charge in [0, 0.05) is 16.1 Å². The summed E-state index contributed by atoms with van der Waals surface area (Å²) in [5.41, 5.74) is 2.00. The second kappa shape index (κ2) is 4.69. The molecule has 0 radical (unpaired) electrons. The zero-order valence-corrected chi connectivity index (χ0v) is 9.79. The molecule has 2 aromatic carbocycles. The topological polar surface area (TPSA) is 17.1 Å². The van der Waals surface area contributed by atoms with E-state index in [2.05, 4.69) is 0 Å². The van der Waals surface area contributed by atoms with Crippen LogP contribution < -0.4 is 0 Å². The summed E-state index contributed by atoms with van der Waals surface area (Å²) in [6, 6.07) is 14.6. The summed E-state index contributed by atoms with van der Waals surface area (Å²) >= 11 is 11.6. The monoisotopic (exact) mass is 250 g/mol. The molecule has 2 rings (SSSR count). The summed E-state index contributed by atoms with van der Waals surface area (Å²) in [6.07, 6.45) is 0. The lowest BCUT2D eigenvalue weighted by Crippen LogP contribution is -1.94. The number of hydrogen-bond acceptors (Lipinski definition) is 1. The fourth-order valence-electron chi connectivity index (χ4n) is 1.59. The van der Waals surface area contributed by atoms with Crippen molar-refractivity contribution in [3.05, 3.63) is 59.1 Å². The highest BCUT2D eigenvalue weighted by molar-refractivity contribution is 6.68. The van der Waals surface area contributed by atoms with Gasteiger partial charge in [-0.05, 0) is 29.3 Å². The van der Waals surface area contributed by atoms with Gasteiger partial charge < -0.3 is 0 Å². The van der Waals surface area contributed by atoms with Gasteiger partial charge in [-0.2, -0.15) is 0 Å². The molecule has 0 unspecified atom stereocenters. The van der Waals surface area contributed by atoms with Crippen LogP contribution in [0.3, 0.4) is 0 Å². The predicted octanol–water partition coefficient (Wildman–Crippen LogP) is 4.39. The molecular weight excluding hydrogens is 243 g/mol. The minimum Gasteiger partial charge on any atom is -0.276 e. The number of carbonyl (C=O) groups is 1. The van der Waals surface area contributed by atoms with Crippen molar-refractivity contribution in [2.45, 2.75) is 0 Å². The van der Waals surface area contributed by atoms with E-state index in [9.17, 15) is 4.79 Å². The lowest BCUT2D eigenvalue weighted by molar-refractivity contribution is 0.108. The van der Waals surface area contributed by atoms with Gasteiger partial charge in [-0.3, -0.25) is 4.79 Å². The predicted molar refractivity (Wildman–Crippen MR) is 67.1 cm³/mol. The average Bonchev–Trinajstić information content (AvgIpc) is 2.29. The Morgan fingerprint density at radius 1 is 0.938 bits per heavy atom. The van der Waals surface area contributed by atoms with E-state index in [0.29, 0.717) is 16.1 Å². The van der Waals surface area contributed by atoms with Gasteiger partial charge in [-0.1, -0.05) is 48.0 Å². The van der Waals surface area contributed by atoms with Crippen LogP contribution in [0.2, 0.25) is 5.02 Å². The number of hydrogen-bond donors (Lipinski definition) is 0. The summed E-state index contributed by atoms with van der Waals surface area (Å²) in [5.74, 6) is 0. The molecule has 0 aliphatic heterocycles. The van der Waals surface area contributed by atoms with Gasteiger partial charge >= 0.3 is 0 Å². The molecular formula is C13H8Cl2O. The van der Waals surface area contributed by atoms with Crippen molar-refractivity contribution in [1.82, 2.24) is 0 Å². The summed E-state index contributed by atoms with van der Waals surface area (Å²) in [7, 11) is 0. The first-order chi connectivity index (χ1) is 7.70. The molecule has 0 aliphatic carbocycles. The Labute approximate surface area is 104 Å². The van der Waals surface area contributed by atoms with Gasteiger partial charge in [0.1, 0.15) is 0 Å². The third-order valence-electron chi connectivity index (χ3n) is 2.29. The maximum atomic E-state index is 11.3. The number of benzene rings is 2. The maximum absolute atomic E-state index is 11.3. The van der Waals surface area contributed by atoms with Crippen molar-refractivity contribution in [3.63, 3.8) is 0 Å². The first-order valence-corrected chi connectivity index (χ1v) is 5.49. The van der Waals surface area contributed by atoms with E-state index in [1.807, 2.05) is 30.3 Å². The number of rotatable bonds is 2. The first-order valence-electron chi connectivity index (χ1n) is 4.74. The summed E-state index contributed by atoms with van der Waals surface area (Å²) < 4.78 is 0. The molecule has 0 heterocycles. The van der Waals surface area contributed by atoms with E-state index >= 15 is 0 Å². The first kappa shape index (κ1) is 11.2. The molecule has 0 amide bonds. The second-order valence-corrected chi connectivity index (χ2v) is 4.05. The minimum absolute atomic E-state index is 0.431. The van der Waals surface area contributed by atoms with Gasteiger partial charge in [0.2, 0.25) is 0 Å². The largest absolute Gasteiger partial charge is 0.276 e. The van der Waals surface area contributed by atoms with Crippen LogP contribution in [0.15, 0.2) is 48.5 Å². The van der Waals surface area contributed by atoms with Crippen molar-refractivity contribution < 1.29 is 4.79 Å². The summed E-state index contributed by atoms with van der Waals surface area (Å²) in [4.78, 5) is 11.3. The molecule has 80 valence electrons. The maximum Gasteiger partial charge on any atom is 0.253 e. The molecule has 0 saturated carbocycles. The fraction of sp³-hybridized carbons (Fsp3) is 0. The molecule has 0 N–H and O–H groups in total. The van der Waals surface area contributed by atoms with E-state index < -0.39 is 5.24 Å². The summed E-state index contributed by atoms with van der Waals surface area (Å²) in [5, 5.41) is 0.0269. The SMILES string of the molecule is O=C(Cl)c1cccc(Cl)c1-c1ccccc1. The molecule has 0 fully saturated rings. The van der Waals surface area contributed by atoms with Gasteiger partial charge in [-0.25, -0.2) is 0 Å². The van der Waals surface area contributed by atoms with Crippen LogP contribution >= 0.6 is 23.2 Å². The highest BCUT2D eigenvalue weighted by Gasteiger charge is 2.13. The smallest absolute Gasteiger partial charge is 0.253 e. The van der Waals surface area contributed by atoms with Gasteiger partial charge in [0.15, 0.2) is 0 Å². The standard InChI is InChI=1S/C13H8Cl2O/c14-11-8-4-7-10(13(15)16)12(11)9-5-2-1-3-6-9/h1-8H. The molecule has 0 aromatic heterocycles. The lowest BCUT2D eigenvalue weighted by atomic mass is 10.0. The molecule has 0 bridgehead atoms. The molecule has 2 aromatic rings. The highest BCUT2D eigenvalue weighted by Crippen LogP contribution is 2.31. The van der Waals surface area contributed by atoms with Crippen molar-refractivity contribution in [2.75, 3.05) is 0 Å². The van der Waals surface area contributed by atoms with E-state index in [1.165, 1.54) is 0 Å². The van der Waals surface area contributed by atoms with E-state index in [4.69, 9.17) is 23.2 Å². The number of halogens is 2. The molecule has 0 aliphatic rings. The van der Waals surface area contributed by atoms with Crippen LogP contribution in [0, 0.1) is 0 Å². The van der Waals surface area contributed by atoms with Crippen LogP contribution in [-0.2, 0) is 0 Å². The lowest BCUT2D eigenvalue weighted by Gasteiger charge is -2.08. The van der Waals surface area contributed by atoms with Crippen LogP contribution in [0.4, 0.5) is 0 Å². The van der Waals surface area contributed by atoms with Crippen LogP contribution in [0.5, 0.6) is 0 Å². The molecule has 1 nitrogen and oxygen atoms in total. The zero-order chi connectivity index (χ0) is 11.5. The van der Waals surface area contributed by atoms with Crippen LogP contribution in [0.25, 0.3) is 11.1 Å². The fourth-order valence-corrected chi connectivity index (χ4v) is 2.03. The average molecular weight is 251 g/mol. The van der Waals surface area contributed by atoms with E-state index in [1.54, 1.807) is 18.2 Å². The van der Waals surface area contributed by atoms with Gasteiger partial charge in [0.25, 0.3) is 5.24 Å². The minimum atomic E-state index is -0.499. The normalized spacial score (nSPS) is 10.1. The molecule has 0 spiro atoms. The Bertz CT molecular complexity index is 521. The molecule has 3 heteroatoms. The molecule has 0 atom stereocenters. The van der Waals surface area contributed by atoms with Crippen molar-refractivity contribution in [2.24, 2.45) is 0 Å². The van der Waals surface area contributed by atoms with E-state index in [0.717, 1.165) is 5.56 Å². The Hall–Kier alpha value is -1.31. The summed E-state index contributed by atoms with van der Waals surface area (Å²) in [6.45, 7) is 0. The van der Waals surface area contributed by atoms with E-state index in [-0.39, 0.29) is 0 Å². The highest BCUT2D eigenvalue weighted by atomic mass is 35.5. The van der Waals surface area contributed by atoms with Crippen LogP contribution in [-0.4, -0.2) is 5.24 Å². The Kier molecular flexibility index (Phi) is 3.28. The third kappa shape index (κ3) is 2.11. The molecule has 0 saturated heterocycles.